The zero-order valence-electron chi connectivity index (χ0n) is 10.6. The van der Waals surface area contributed by atoms with E-state index < -0.39 is 23.1 Å². The summed E-state index contributed by atoms with van der Waals surface area (Å²) in [6.07, 6.45) is 0.700. The number of aliphatic carboxylic acids is 1. The maximum absolute atomic E-state index is 13.7. The average Bonchev–Trinajstić information content (AvgIpc) is 2.28. The highest BCUT2D eigenvalue weighted by atomic mass is 19.1. The van der Waals surface area contributed by atoms with E-state index in [4.69, 9.17) is 0 Å². The summed E-state index contributed by atoms with van der Waals surface area (Å²) < 4.78 is 26.6. The highest BCUT2D eigenvalue weighted by molar-refractivity contribution is 5.80. The van der Waals surface area contributed by atoms with Gasteiger partial charge >= 0.3 is 5.97 Å². The average molecular weight is 257 g/mol. The van der Waals surface area contributed by atoms with Crippen molar-refractivity contribution in [3.05, 3.63) is 35.4 Å². The molecule has 0 amide bonds. The number of nitrogens with one attached hydrogen (secondary N) is 1. The Hall–Kier alpha value is -1.49. The van der Waals surface area contributed by atoms with Crippen LogP contribution in [0.15, 0.2) is 18.2 Å². The van der Waals surface area contributed by atoms with Crippen molar-refractivity contribution in [2.45, 2.75) is 38.8 Å². The van der Waals surface area contributed by atoms with Crippen LogP contribution in [-0.2, 0) is 10.3 Å². The Balaban J connectivity index is 3.22. The summed E-state index contributed by atoms with van der Waals surface area (Å²) >= 11 is 0. The first-order valence-electron chi connectivity index (χ1n) is 5.78. The number of carboxylic acids is 1. The van der Waals surface area contributed by atoms with E-state index in [1.165, 1.54) is 6.92 Å². The van der Waals surface area contributed by atoms with Crippen LogP contribution in [0.3, 0.4) is 0 Å². The van der Waals surface area contributed by atoms with Gasteiger partial charge in [0.2, 0.25) is 0 Å². The Kier molecular flexibility index (Phi) is 4.40. The summed E-state index contributed by atoms with van der Waals surface area (Å²) in [6, 6.07) is 2.80. The van der Waals surface area contributed by atoms with Crippen molar-refractivity contribution in [1.82, 2.24) is 5.32 Å². The highest BCUT2D eigenvalue weighted by Gasteiger charge is 2.38. The van der Waals surface area contributed by atoms with Crippen molar-refractivity contribution < 1.29 is 18.7 Å². The Morgan fingerprint density at radius 1 is 1.50 bits per heavy atom. The van der Waals surface area contributed by atoms with Gasteiger partial charge in [-0.1, -0.05) is 13.0 Å². The molecule has 0 fully saturated rings. The van der Waals surface area contributed by atoms with E-state index in [1.54, 1.807) is 0 Å². The minimum Gasteiger partial charge on any atom is -0.480 e. The summed E-state index contributed by atoms with van der Waals surface area (Å²) in [7, 11) is 0. The smallest absolute Gasteiger partial charge is 0.328 e. The molecule has 0 aliphatic heterocycles. The predicted octanol–water partition coefficient (Wildman–Crippen LogP) is 2.65. The van der Waals surface area contributed by atoms with E-state index in [-0.39, 0.29) is 11.6 Å². The third-order valence-electron chi connectivity index (χ3n) is 3.04. The van der Waals surface area contributed by atoms with E-state index in [9.17, 15) is 18.7 Å². The molecule has 0 heterocycles. The monoisotopic (exact) mass is 257 g/mol. The summed E-state index contributed by atoms with van der Waals surface area (Å²) in [5.41, 5.74) is -1.65. The van der Waals surface area contributed by atoms with Gasteiger partial charge in [-0.2, -0.15) is 0 Å². The molecule has 0 saturated heterocycles. The van der Waals surface area contributed by atoms with E-state index >= 15 is 0 Å². The fourth-order valence-corrected chi connectivity index (χ4v) is 1.74. The number of rotatable bonds is 5. The van der Waals surface area contributed by atoms with Crippen LogP contribution < -0.4 is 5.32 Å². The lowest BCUT2D eigenvalue weighted by Crippen LogP contribution is -2.50. The van der Waals surface area contributed by atoms with E-state index in [1.807, 2.05) is 13.8 Å². The van der Waals surface area contributed by atoms with Crippen molar-refractivity contribution >= 4 is 5.97 Å². The number of carbonyl (C=O) groups is 1. The fraction of sp³-hybridized carbons (Fsp3) is 0.462. The van der Waals surface area contributed by atoms with E-state index in [0.29, 0.717) is 12.5 Å². The largest absolute Gasteiger partial charge is 0.480 e. The Labute approximate surface area is 105 Å². The molecule has 0 aliphatic carbocycles. The number of hydrogen-bond acceptors (Lipinski definition) is 2. The summed E-state index contributed by atoms with van der Waals surface area (Å²) in [6.45, 7) is 5.07. The molecule has 1 rings (SSSR count). The lowest BCUT2D eigenvalue weighted by molar-refractivity contribution is -0.145. The van der Waals surface area contributed by atoms with Gasteiger partial charge in [0.25, 0.3) is 0 Å². The molecule has 0 aromatic heterocycles. The van der Waals surface area contributed by atoms with Crippen molar-refractivity contribution in [3.63, 3.8) is 0 Å². The van der Waals surface area contributed by atoms with Crippen LogP contribution in [0, 0.1) is 11.6 Å². The standard InChI is InChI=1S/C13H17F2NO2/c1-4-8(2)16-13(3,12(17)18)10-6-5-9(14)7-11(10)15/h5-8,16H,4H2,1-3H3,(H,17,18). The molecule has 0 saturated carbocycles. The number of halogens is 2. The van der Waals surface area contributed by atoms with Gasteiger partial charge in [0.05, 0.1) is 0 Å². The molecule has 0 radical (unpaired) electrons. The summed E-state index contributed by atoms with van der Waals surface area (Å²) in [4.78, 5) is 11.4. The molecule has 0 spiro atoms. The number of hydrogen-bond donors (Lipinski definition) is 2. The fourth-order valence-electron chi connectivity index (χ4n) is 1.74. The number of benzene rings is 1. The van der Waals surface area contributed by atoms with Crippen LogP contribution in [0.4, 0.5) is 8.78 Å². The maximum Gasteiger partial charge on any atom is 0.328 e. The predicted molar refractivity (Wildman–Crippen MR) is 64.2 cm³/mol. The quantitative estimate of drug-likeness (QED) is 0.852. The molecule has 2 N–H and O–H groups in total. The van der Waals surface area contributed by atoms with Crippen LogP contribution in [0.25, 0.3) is 0 Å². The van der Waals surface area contributed by atoms with Gasteiger partial charge in [0, 0.05) is 17.7 Å². The van der Waals surface area contributed by atoms with Crippen molar-refractivity contribution in [2.75, 3.05) is 0 Å². The normalized spacial score (nSPS) is 16.1. The van der Waals surface area contributed by atoms with Gasteiger partial charge in [-0.15, -0.1) is 0 Å². The van der Waals surface area contributed by atoms with Gasteiger partial charge < -0.3 is 5.11 Å². The highest BCUT2D eigenvalue weighted by Crippen LogP contribution is 2.25. The van der Waals surface area contributed by atoms with Crippen molar-refractivity contribution in [3.8, 4) is 0 Å². The molecule has 5 heteroatoms. The molecule has 1 aromatic carbocycles. The Bertz CT molecular complexity index is 451. The minimum atomic E-state index is -1.58. The van der Waals surface area contributed by atoms with Crippen LogP contribution >= 0.6 is 0 Å². The molecule has 2 unspecified atom stereocenters. The first-order chi connectivity index (χ1) is 8.31. The first-order valence-corrected chi connectivity index (χ1v) is 5.78. The molecule has 100 valence electrons. The first kappa shape index (κ1) is 14.6. The SMILES string of the molecule is CCC(C)NC(C)(C(=O)O)c1ccc(F)cc1F. The summed E-state index contributed by atoms with van der Waals surface area (Å²) in [5, 5.41) is 12.2. The third kappa shape index (κ3) is 2.85. The molecule has 3 nitrogen and oxygen atoms in total. The molecule has 2 atom stereocenters. The van der Waals surface area contributed by atoms with E-state index in [2.05, 4.69) is 5.32 Å². The zero-order valence-corrected chi connectivity index (χ0v) is 10.6. The van der Waals surface area contributed by atoms with Crippen LogP contribution in [0.2, 0.25) is 0 Å². The van der Waals surface area contributed by atoms with Gasteiger partial charge in [-0.25, -0.2) is 13.6 Å². The van der Waals surface area contributed by atoms with Gasteiger partial charge in [0.15, 0.2) is 0 Å². The van der Waals surface area contributed by atoms with E-state index in [0.717, 1.165) is 12.1 Å². The molecule has 18 heavy (non-hydrogen) atoms. The van der Waals surface area contributed by atoms with Crippen LogP contribution in [-0.4, -0.2) is 17.1 Å². The van der Waals surface area contributed by atoms with Crippen molar-refractivity contribution in [1.29, 1.82) is 0 Å². The third-order valence-corrected chi connectivity index (χ3v) is 3.04. The lowest BCUT2D eigenvalue weighted by Gasteiger charge is -2.30. The van der Waals surface area contributed by atoms with Crippen LogP contribution in [0.1, 0.15) is 32.8 Å². The van der Waals surface area contributed by atoms with Gasteiger partial charge in [-0.3, -0.25) is 5.32 Å². The van der Waals surface area contributed by atoms with Gasteiger partial charge in [0.1, 0.15) is 17.2 Å². The summed E-state index contributed by atoms with van der Waals surface area (Å²) in [5.74, 6) is -2.79. The lowest BCUT2D eigenvalue weighted by atomic mass is 9.90. The minimum absolute atomic E-state index is 0.0725. The zero-order chi connectivity index (χ0) is 13.9. The maximum atomic E-state index is 13.7. The second kappa shape index (κ2) is 5.44. The molecule has 1 aromatic rings. The Morgan fingerprint density at radius 3 is 2.56 bits per heavy atom. The molecular formula is C13H17F2NO2. The van der Waals surface area contributed by atoms with Gasteiger partial charge in [-0.05, 0) is 26.3 Å². The molecule has 0 bridgehead atoms. The topological polar surface area (TPSA) is 49.3 Å². The number of carboxylic acid groups (broad SMARTS) is 1. The van der Waals surface area contributed by atoms with Crippen LogP contribution in [0.5, 0.6) is 0 Å². The second-order valence-corrected chi connectivity index (χ2v) is 4.51. The van der Waals surface area contributed by atoms with Crippen molar-refractivity contribution in [2.24, 2.45) is 0 Å². The molecular weight excluding hydrogens is 240 g/mol. The molecule has 0 aliphatic rings. The second-order valence-electron chi connectivity index (χ2n) is 4.51. The Morgan fingerprint density at radius 2 is 2.11 bits per heavy atom.